The fraction of sp³-hybridized carbons (Fsp3) is 0.900. The predicted molar refractivity (Wildman–Crippen MR) is 60.5 cm³/mol. The third-order valence-corrected chi connectivity index (χ3v) is 2.57. The molecule has 1 amide bonds. The zero-order valence-corrected chi connectivity index (χ0v) is 10.2. The number of aliphatic hydroxyl groups is 6. The van der Waals surface area contributed by atoms with Gasteiger partial charge in [0, 0.05) is 13.1 Å². The Morgan fingerprint density at radius 1 is 1.11 bits per heavy atom. The molecule has 0 fully saturated rings. The number of amides is 1. The highest BCUT2D eigenvalue weighted by Crippen LogP contribution is 2.08. The molecule has 0 spiro atoms. The molecule has 18 heavy (non-hydrogen) atoms. The Morgan fingerprint density at radius 2 is 1.67 bits per heavy atom. The Hall–Kier alpha value is -0.770. The second kappa shape index (κ2) is 8.35. The summed E-state index contributed by atoms with van der Waals surface area (Å²) in [6.45, 7) is 0.697. The van der Waals surface area contributed by atoms with Crippen molar-refractivity contribution in [2.24, 2.45) is 0 Å². The van der Waals surface area contributed by atoms with E-state index in [1.165, 1.54) is 0 Å². The molecule has 6 N–H and O–H groups in total. The normalized spacial score (nSPS) is 17.9. The van der Waals surface area contributed by atoms with Crippen LogP contribution in [0.5, 0.6) is 0 Å². The number of aliphatic hydroxyl groups excluding tert-OH is 6. The predicted octanol–water partition coefficient (Wildman–Crippen LogP) is -3.74. The first-order chi connectivity index (χ1) is 8.40. The van der Waals surface area contributed by atoms with Crippen LogP contribution in [-0.4, -0.2) is 92.2 Å². The van der Waals surface area contributed by atoms with E-state index in [-0.39, 0.29) is 19.7 Å². The van der Waals surface area contributed by atoms with Crippen LogP contribution in [0.15, 0.2) is 0 Å². The first-order valence-corrected chi connectivity index (χ1v) is 5.63. The van der Waals surface area contributed by atoms with E-state index in [0.717, 1.165) is 4.90 Å². The quantitative estimate of drug-likeness (QED) is 0.265. The van der Waals surface area contributed by atoms with Gasteiger partial charge in [0.05, 0.1) is 13.2 Å². The molecule has 0 unspecified atom stereocenters. The number of likely N-dealkylation sites (N-methyl/N-ethyl adjacent to an activating group) is 1. The van der Waals surface area contributed by atoms with Crippen molar-refractivity contribution < 1.29 is 35.4 Å². The Labute approximate surface area is 105 Å². The average molecular weight is 267 g/mol. The number of hydrogen-bond acceptors (Lipinski definition) is 7. The van der Waals surface area contributed by atoms with Crippen molar-refractivity contribution in [2.45, 2.75) is 31.3 Å². The average Bonchev–Trinajstić information content (AvgIpc) is 2.40. The summed E-state index contributed by atoms with van der Waals surface area (Å²) in [7, 11) is 0. The molecule has 0 aromatic rings. The SMILES string of the molecule is CCN(CCO)C(=O)[C@H](O)[C@@H](O)[C@H](O)[C@H](O)CO. The molecule has 0 saturated heterocycles. The topological polar surface area (TPSA) is 142 Å². The summed E-state index contributed by atoms with van der Waals surface area (Å²) >= 11 is 0. The highest BCUT2D eigenvalue weighted by Gasteiger charge is 2.35. The molecule has 0 rings (SSSR count). The van der Waals surface area contributed by atoms with E-state index in [4.69, 9.17) is 15.3 Å². The van der Waals surface area contributed by atoms with E-state index in [1.54, 1.807) is 6.92 Å². The number of nitrogens with zero attached hydrogens (tertiary/aromatic N) is 1. The number of carbonyl (C=O) groups excluding carboxylic acids is 1. The lowest BCUT2D eigenvalue weighted by atomic mass is 10.0. The number of hydrogen-bond donors (Lipinski definition) is 6. The molecular formula is C10H21NO7. The van der Waals surface area contributed by atoms with Crippen molar-refractivity contribution in [3.05, 3.63) is 0 Å². The van der Waals surface area contributed by atoms with Crippen LogP contribution in [-0.2, 0) is 4.79 Å². The molecule has 8 heteroatoms. The Balaban J connectivity index is 4.61. The van der Waals surface area contributed by atoms with Gasteiger partial charge in [-0.15, -0.1) is 0 Å². The van der Waals surface area contributed by atoms with Crippen LogP contribution >= 0.6 is 0 Å². The summed E-state index contributed by atoms with van der Waals surface area (Å²) in [6.07, 6.45) is -7.36. The summed E-state index contributed by atoms with van der Waals surface area (Å²) in [5, 5.41) is 54.8. The molecule has 0 radical (unpaired) electrons. The second-order valence-electron chi connectivity index (χ2n) is 3.82. The van der Waals surface area contributed by atoms with Gasteiger partial charge in [0.25, 0.3) is 5.91 Å². The Kier molecular flexibility index (Phi) is 8.00. The third-order valence-electron chi connectivity index (χ3n) is 2.57. The van der Waals surface area contributed by atoms with Gasteiger partial charge in [-0.25, -0.2) is 0 Å². The van der Waals surface area contributed by atoms with Crippen LogP contribution in [0, 0.1) is 0 Å². The molecule has 0 saturated carbocycles. The van der Waals surface area contributed by atoms with Crippen LogP contribution in [0.1, 0.15) is 6.92 Å². The highest BCUT2D eigenvalue weighted by atomic mass is 16.4. The zero-order valence-electron chi connectivity index (χ0n) is 10.2. The molecule has 8 nitrogen and oxygen atoms in total. The summed E-state index contributed by atoms with van der Waals surface area (Å²) in [5.74, 6) is -0.872. The third kappa shape index (κ3) is 4.48. The maximum atomic E-state index is 11.7. The fourth-order valence-corrected chi connectivity index (χ4v) is 1.40. The molecule has 0 aromatic carbocycles. The summed E-state index contributed by atoms with van der Waals surface area (Å²) < 4.78 is 0. The standard InChI is InChI=1S/C10H21NO7/c1-2-11(3-4-12)10(18)9(17)8(16)7(15)6(14)5-13/h6-9,12-17H,2-5H2,1H3/t6-,7-,8+,9-/m1/s1. The first kappa shape index (κ1) is 17.2. The minimum Gasteiger partial charge on any atom is -0.395 e. The molecule has 108 valence electrons. The maximum absolute atomic E-state index is 11.7. The van der Waals surface area contributed by atoms with Crippen molar-refractivity contribution in [3.63, 3.8) is 0 Å². The molecule has 0 bridgehead atoms. The van der Waals surface area contributed by atoms with E-state index in [1.807, 2.05) is 0 Å². The largest absolute Gasteiger partial charge is 0.395 e. The van der Waals surface area contributed by atoms with Gasteiger partial charge >= 0.3 is 0 Å². The van der Waals surface area contributed by atoms with Crippen LogP contribution < -0.4 is 0 Å². The van der Waals surface area contributed by atoms with Gasteiger partial charge in [0.15, 0.2) is 6.10 Å². The molecule has 0 aliphatic carbocycles. The van der Waals surface area contributed by atoms with Crippen LogP contribution in [0.2, 0.25) is 0 Å². The van der Waals surface area contributed by atoms with Crippen molar-refractivity contribution in [1.29, 1.82) is 0 Å². The zero-order chi connectivity index (χ0) is 14.3. The van der Waals surface area contributed by atoms with Crippen LogP contribution in [0.3, 0.4) is 0 Å². The number of carbonyl (C=O) groups is 1. The van der Waals surface area contributed by atoms with Crippen molar-refractivity contribution in [1.82, 2.24) is 4.90 Å². The Bertz CT molecular complexity index is 250. The summed E-state index contributed by atoms with van der Waals surface area (Å²) in [4.78, 5) is 12.8. The van der Waals surface area contributed by atoms with Crippen molar-refractivity contribution in [2.75, 3.05) is 26.3 Å². The lowest BCUT2D eigenvalue weighted by Crippen LogP contribution is -2.53. The molecule has 4 atom stereocenters. The van der Waals surface area contributed by atoms with Crippen molar-refractivity contribution >= 4 is 5.91 Å². The van der Waals surface area contributed by atoms with E-state index in [2.05, 4.69) is 0 Å². The van der Waals surface area contributed by atoms with Gasteiger partial charge in [-0.1, -0.05) is 0 Å². The van der Waals surface area contributed by atoms with E-state index >= 15 is 0 Å². The monoisotopic (exact) mass is 267 g/mol. The molecular weight excluding hydrogens is 246 g/mol. The number of rotatable bonds is 8. The molecule has 0 aliphatic rings. The first-order valence-electron chi connectivity index (χ1n) is 5.63. The van der Waals surface area contributed by atoms with Gasteiger partial charge in [-0.3, -0.25) is 4.79 Å². The highest BCUT2D eigenvalue weighted by molar-refractivity contribution is 5.81. The fourth-order valence-electron chi connectivity index (χ4n) is 1.40. The summed E-state index contributed by atoms with van der Waals surface area (Å²) in [6, 6.07) is 0. The van der Waals surface area contributed by atoms with Gasteiger partial charge < -0.3 is 35.5 Å². The van der Waals surface area contributed by atoms with E-state index in [0.29, 0.717) is 0 Å². The minimum absolute atomic E-state index is 0.0161. The van der Waals surface area contributed by atoms with E-state index in [9.17, 15) is 20.1 Å². The molecule has 0 heterocycles. The van der Waals surface area contributed by atoms with Crippen molar-refractivity contribution in [3.8, 4) is 0 Å². The second-order valence-corrected chi connectivity index (χ2v) is 3.82. The van der Waals surface area contributed by atoms with E-state index < -0.39 is 36.9 Å². The van der Waals surface area contributed by atoms with Gasteiger partial charge in [0.2, 0.25) is 0 Å². The maximum Gasteiger partial charge on any atom is 0.254 e. The molecule has 0 aromatic heterocycles. The molecule has 0 aliphatic heterocycles. The lowest BCUT2D eigenvalue weighted by molar-refractivity contribution is -0.158. The summed E-state index contributed by atoms with van der Waals surface area (Å²) in [5.41, 5.74) is 0. The minimum atomic E-state index is -1.94. The smallest absolute Gasteiger partial charge is 0.254 e. The van der Waals surface area contributed by atoms with Crippen LogP contribution in [0.25, 0.3) is 0 Å². The van der Waals surface area contributed by atoms with Crippen LogP contribution in [0.4, 0.5) is 0 Å². The Morgan fingerprint density at radius 3 is 2.06 bits per heavy atom. The van der Waals surface area contributed by atoms with Gasteiger partial charge in [-0.05, 0) is 6.92 Å². The lowest BCUT2D eigenvalue weighted by Gasteiger charge is -2.28. The van der Waals surface area contributed by atoms with Gasteiger partial charge in [0.1, 0.15) is 18.3 Å². The van der Waals surface area contributed by atoms with Gasteiger partial charge in [-0.2, -0.15) is 0 Å².